The van der Waals surface area contributed by atoms with Crippen molar-refractivity contribution in [2.45, 2.75) is 95.5 Å². The Labute approximate surface area is 392 Å². The zero-order valence-corrected chi connectivity index (χ0v) is 39.9. The average Bonchev–Trinajstić information content (AvgIpc) is 3.54. The van der Waals surface area contributed by atoms with E-state index in [-0.39, 0.29) is 44.2 Å². The number of carbonyl (C=O) groups is 1. The average molecular weight is 934 g/mol. The molecule has 7 rings (SSSR count). The number of aromatic amines is 1. The lowest BCUT2D eigenvalue weighted by Gasteiger charge is -2.46. The number of carbonyl (C=O) groups excluding carboxylic acids is 1. The van der Waals surface area contributed by atoms with Crippen LogP contribution in [0.3, 0.4) is 0 Å². The first-order valence-electron chi connectivity index (χ1n) is 22.5. The minimum absolute atomic E-state index is 0.0515. The molecule has 0 spiro atoms. The number of nitriles is 1. The number of amides is 1. The zero-order chi connectivity index (χ0) is 47.7. The van der Waals surface area contributed by atoms with E-state index in [1.807, 2.05) is 97.1 Å². The molecule has 5 aromatic rings. The van der Waals surface area contributed by atoms with Gasteiger partial charge in [0, 0.05) is 29.9 Å². The van der Waals surface area contributed by atoms with E-state index in [0.29, 0.717) is 35.7 Å². The Balaban J connectivity index is 1.40. The van der Waals surface area contributed by atoms with Crippen molar-refractivity contribution in [2.24, 2.45) is 5.92 Å². The lowest BCUT2D eigenvalue weighted by molar-refractivity contribution is -0.162. The number of rotatable bonds is 21. The molecule has 1 aliphatic heterocycles. The summed E-state index contributed by atoms with van der Waals surface area (Å²) >= 11 is 0. The maximum Gasteiger partial charge on any atom is 0.330 e. The van der Waals surface area contributed by atoms with Crippen LogP contribution < -0.4 is 30.8 Å². The van der Waals surface area contributed by atoms with Crippen LogP contribution in [0.2, 0.25) is 0 Å². The molecule has 1 saturated carbocycles. The van der Waals surface area contributed by atoms with Gasteiger partial charge in [0.05, 0.1) is 45.8 Å². The third-order valence-electron chi connectivity index (χ3n) is 12.3. The van der Waals surface area contributed by atoms with E-state index in [0.717, 1.165) is 16.7 Å². The number of benzene rings is 4. The van der Waals surface area contributed by atoms with Gasteiger partial charge >= 0.3 is 5.69 Å². The number of ether oxygens (including phenoxy) is 5. The molecule has 2 aliphatic rings. The topological polar surface area (TPSA) is 176 Å². The van der Waals surface area contributed by atoms with Crippen molar-refractivity contribution in [1.82, 2.24) is 19.5 Å². The Bertz CT molecular complexity index is 2510. The fraction of sp³-hybridized carbons (Fsp3) is 0.412. The summed E-state index contributed by atoms with van der Waals surface area (Å²) in [7, 11) is 1.32. The Morgan fingerprint density at radius 3 is 2.04 bits per heavy atom. The van der Waals surface area contributed by atoms with Gasteiger partial charge in [-0.2, -0.15) is 5.26 Å². The summed E-state index contributed by atoms with van der Waals surface area (Å²) in [5.41, 5.74) is -1.08. The zero-order valence-electron chi connectivity index (χ0n) is 39.0. The first kappa shape index (κ1) is 49.1. The molecule has 1 saturated heterocycles. The molecule has 2 bridgehead atoms. The van der Waals surface area contributed by atoms with Gasteiger partial charge in [0.1, 0.15) is 40.8 Å². The summed E-state index contributed by atoms with van der Waals surface area (Å²) in [6.07, 6.45) is 0.331. The van der Waals surface area contributed by atoms with Crippen LogP contribution in [-0.4, -0.2) is 84.0 Å². The number of hydrogen-bond acceptors (Lipinski definition) is 12. The number of methoxy groups -OCH3 is 2. The molecular weight excluding hydrogens is 874 g/mol. The summed E-state index contributed by atoms with van der Waals surface area (Å²) in [6.45, 7) is 9.58. The van der Waals surface area contributed by atoms with Crippen LogP contribution in [0.4, 0.5) is 0 Å². The molecule has 0 radical (unpaired) electrons. The quantitative estimate of drug-likeness (QED) is 0.0416. The third kappa shape index (κ3) is 10.7. The molecule has 4 aromatic carbocycles. The van der Waals surface area contributed by atoms with Crippen molar-refractivity contribution in [2.75, 3.05) is 34.0 Å². The van der Waals surface area contributed by atoms with E-state index in [9.17, 15) is 19.6 Å². The first-order valence-corrected chi connectivity index (χ1v) is 23.7. The predicted molar refractivity (Wildman–Crippen MR) is 254 cm³/mol. The highest BCUT2D eigenvalue weighted by Gasteiger charge is 2.64. The smallest absolute Gasteiger partial charge is 0.330 e. The molecule has 6 atom stereocenters. The third-order valence-corrected chi connectivity index (χ3v) is 14.5. The molecule has 2 fully saturated rings. The maximum atomic E-state index is 14.0. The highest BCUT2D eigenvalue weighted by atomic mass is 31.2. The molecule has 1 amide bonds. The van der Waals surface area contributed by atoms with Crippen LogP contribution in [0.1, 0.15) is 75.4 Å². The Kier molecular flexibility index (Phi) is 16.0. The number of aromatic nitrogens is 2. The van der Waals surface area contributed by atoms with Crippen molar-refractivity contribution in [3.05, 3.63) is 158 Å². The normalized spacial score (nSPS) is 20.7. The molecule has 354 valence electrons. The SMILES string of the molecule is COc1ccc(C(OC[C@@]23CC[C@@H](NC(=O)COc4ccccc4)[C@@H]([C@H](n4cc(C)c(=O)[nH]c4=O)O2)[C@@H]3OP(OCCC#N)N(C(C)C)C(C)C)(c2ccccc2)c2ccc(OC)cc2)cc1. The Morgan fingerprint density at radius 2 is 1.48 bits per heavy atom. The second-order valence-electron chi connectivity index (χ2n) is 17.3. The molecule has 1 unspecified atom stereocenters. The molecule has 67 heavy (non-hydrogen) atoms. The fourth-order valence-electron chi connectivity index (χ4n) is 9.24. The van der Waals surface area contributed by atoms with E-state index >= 15 is 0 Å². The highest BCUT2D eigenvalue weighted by molar-refractivity contribution is 7.44. The van der Waals surface area contributed by atoms with Crippen molar-refractivity contribution in [3.8, 4) is 23.3 Å². The monoisotopic (exact) mass is 933 g/mol. The molecule has 2 N–H and O–H groups in total. The Morgan fingerprint density at radius 1 is 0.896 bits per heavy atom. The van der Waals surface area contributed by atoms with Crippen molar-refractivity contribution >= 4 is 14.4 Å². The number of nitrogens with zero attached hydrogens (tertiary/aromatic N) is 3. The summed E-state index contributed by atoms with van der Waals surface area (Å²) in [6, 6.07) is 35.9. The lowest BCUT2D eigenvalue weighted by atomic mass is 9.74. The standard InChI is InChI=1S/C51H60N5O10P/c1-34(2)56(35(3)4)67(64-30-14-29-52)66-46-45-43(53-44(57)32-62-42-17-12-9-13-18-42)27-28-50(46,65-48(45)55-31-36(5)47(58)54-49(55)59)33-63-51(37-15-10-8-11-16-37,38-19-23-40(60-6)24-20-38)39-21-25-41(61-7)26-22-39/h8-13,15-26,31,34-35,43,45-46,48H,14,27-28,30,32-33H2,1-7H3,(H,53,57)(H,54,58,59)/t43-,45-,46+,48-,50-,67?/m1/s1. The minimum atomic E-state index is -1.91. The Hall–Kier alpha value is -5.85. The van der Waals surface area contributed by atoms with Crippen LogP contribution in [-0.2, 0) is 28.9 Å². The van der Waals surface area contributed by atoms with E-state index < -0.39 is 55.3 Å². The van der Waals surface area contributed by atoms with Gasteiger partial charge in [0.15, 0.2) is 6.61 Å². The summed E-state index contributed by atoms with van der Waals surface area (Å²) in [4.78, 5) is 43.2. The van der Waals surface area contributed by atoms with Gasteiger partial charge in [0.2, 0.25) is 0 Å². The van der Waals surface area contributed by atoms with Crippen LogP contribution in [0.15, 0.2) is 125 Å². The van der Waals surface area contributed by atoms with Gasteiger partial charge in [-0.15, -0.1) is 0 Å². The molecular formula is C51H60N5O10P. The second-order valence-corrected chi connectivity index (χ2v) is 18.7. The summed E-state index contributed by atoms with van der Waals surface area (Å²) < 4.78 is 49.5. The number of para-hydroxylation sites is 1. The highest BCUT2D eigenvalue weighted by Crippen LogP contribution is 2.59. The van der Waals surface area contributed by atoms with Gasteiger partial charge in [-0.05, 0) is 101 Å². The van der Waals surface area contributed by atoms with Crippen molar-refractivity contribution in [3.63, 3.8) is 0 Å². The lowest BCUT2D eigenvalue weighted by Crippen LogP contribution is -2.58. The molecule has 1 aliphatic carbocycles. The van der Waals surface area contributed by atoms with Crippen LogP contribution >= 0.6 is 8.53 Å². The largest absolute Gasteiger partial charge is 0.497 e. The maximum absolute atomic E-state index is 14.0. The summed E-state index contributed by atoms with van der Waals surface area (Å²) in [5, 5.41) is 12.8. The number of hydrogen-bond donors (Lipinski definition) is 2. The van der Waals surface area contributed by atoms with Crippen LogP contribution in [0, 0.1) is 24.2 Å². The van der Waals surface area contributed by atoms with E-state index in [2.05, 4.69) is 48.7 Å². The minimum Gasteiger partial charge on any atom is -0.497 e. The fourth-order valence-corrected chi connectivity index (χ4v) is 11.1. The van der Waals surface area contributed by atoms with Gasteiger partial charge in [0.25, 0.3) is 20.0 Å². The van der Waals surface area contributed by atoms with Gasteiger partial charge in [-0.1, -0.05) is 72.8 Å². The number of H-pyrrole nitrogens is 1. The van der Waals surface area contributed by atoms with Gasteiger partial charge < -0.3 is 38.0 Å². The predicted octanol–water partition coefficient (Wildman–Crippen LogP) is 7.77. The van der Waals surface area contributed by atoms with Crippen LogP contribution in [0.5, 0.6) is 17.2 Å². The van der Waals surface area contributed by atoms with Gasteiger partial charge in [-0.25, -0.2) is 9.46 Å². The van der Waals surface area contributed by atoms with E-state index in [1.54, 1.807) is 33.3 Å². The summed E-state index contributed by atoms with van der Waals surface area (Å²) in [5.74, 6) is 0.734. The van der Waals surface area contributed by atoms with Crippen molar-refractivity contribution < 1.29 is 37.5 Å². The molecule has 15 nitrogen and oxygen atoms in total. The number of nitrogens with one attached hydrogen (secondary N) is 2. The number of fused-ring (bicyclic) bond motifs is 2. The first-order chi connectivity index (χ1) is 32.3. The van der Waals surface area contributed by atoms with Gasteiger partial charge in [-0.3, -0.25) is 19.1 Å². The number of aryl methyl sites for hydroxylation is 1. The van der Waals surface area contributed by atoms with Crippen molar-refractivity contribution in [1.29, 1.82) is 5.26 Å². The van der Waals surface area contributed by atoms with E-state index in [4.69, 9.17) is 32.7 Å². The molecule has 16 heteroatoms. The van der Waals surface area contributed by atoms with E-state index in [1.165, 1.54) is 10.8 Å². The second kappa shape index (κ2) is 21.8. The molecule has 2 heterocycles. The molecule has 1 aromatic heterocycles. The van der Waals surface area contributed by atoms with Crippen LogP contribution in [0.25, 0.3) is 0 Å².